The Morgan fingerprint density at radius 3 is 2.60 bits per heavy atom. The number of hydrogen-bond donors (Lipinski definition) is 2. The quantitative estimate of drug-likeness (QED) is 0.578. The van der Waals surface area contributed by atoms with Crippen LogP contribution in [-0.4, -0.2) is 26.6 Å². The monoisotopic (exact) mass is 453 g/mol. The summed E-state index contributed by atoms with van der Waals surface area (Å²) in [6.07, 6.45) is 0. The number of carbonyl (C=O) groups is 1. The van der Waals surface area contributed by atoms with E-state index < -0.39 is 15.8 Å². The molecule has 0 unspecified atom stereocenters. The number of carbonyl (C=O) groups excluding carboxylic acids is 1. The number of amides is 1. The molecule has 0 bridgehead atoms. The van der Waals surface area contributed by atoms with E-state index in [1.54, 1.807) is 13.0 Å². The molecule has 0 aliphatic rings. The number of methoxy groups -OCH3 is 1. The SMILES string of the molecule is COc1ccc(-c2c(C)noc2NC(C)=O)cc1S(=O)(=O)Nc1ccc(F)c(Cl)c1. The summed E-state index contributed by atoms with van der Waals surface area (Å²) in [5.41, 5.74) is 1.38. The van der Waals surface area contributed by atoms with Crippen LogP contribution in [0.25, 0.3) is 11.1 Å². The second-order valence-electron chi connectivity index (χ2n) is 6.25. The molecule has 1 aromatic heterocycles. The zero-order chi connectivity index (χ0) is 22.1. The van der Waals surface area contributed by atoms with Crippen molar-refractivity contribution in [1.29, 1.82) is 0 Å². The minimum Gasteiger partial charge on any atom is -0.495 e. The Labute approximate surface area is 177 Å². The van der Waals surface area contributed by atoms with Crippen molar-refractivity contribution >= 4 is 39.1 Å². The predicted molar refractivity (Wildman–Crippen MR) is 110 cm³/mol. The van der Waals surface area contributed by atoms with Gasteiger partial charge < -0.3 is 9.26 Å². The lowest BCUT2D eigenvalue weighted by Gasteiger charge is -2.14. The minimum absolute atomic E-state index is 0.0777. The van der Waals surface area contributed by atoms with Gasteiger partial charge in [-0.3, -0.25) is 14.8 Å². The maximum absolute atomic E-state index is 13.4. The number of aryl methyl sites for hydroxylation is 1. The number of anilines is 2. The van der Waals surface area contributed by atoms with Crippen LogP contribution in [0.5, 0.6) is 5.75 Å². The molecule has 1 heterocycles. The lowest BCUT2D eigenvalue weighted by molar-refractivity contribution is -0.114. The van der Waals surface area contributed by atoms with Gasteiger partial charge in [0.15, 0.2) is 0 Å². The number of sulfonamides is 1. The maximum Gasteiger partial charge on any atom is 0.265 e. The molecule has 0 aliphatic heterocycles. The Bertz CT molecular complexity index is 1230. The van der Waals surface area contributed by atoms with Crippen LogP contribution in [0.3, 0.4) is 0 Å². The van der Waals surface area contributed by atoms with Crippen molar-refractivity contribution in [1.82, 2.24) is 5.16 Å². The summed E-state index contributed by atoms with van der Waals surface area (Å²) in [7, 11) is -2.81. The molecule has 11 heteroatoms. The largest absolute Gasteiger partial charge is 0.495 e. The molecule has 3 aromatic rings. The van der Waals surface area contributed by atoms with Crippen LogP contribution in [0.15, 0.2) is 45.8 Å². The van der Waals surface area contributed by atoms with Gasteiger partial charge in [-0.15, -0.1) is 0 Å². The lowest BCUT2D eigenvalue weighted by atomic mass is 10.1. The fourth-order valence-corrected chi connectivity index (χ4v) is 4.19. The van der Waals surface area contributed by atoms with Crippen molar-refractivity contribution in [3.05, 3.63) is 52.9 Å². The van der Waals surface area contributed by atoms with Crippen molar-refractivity contribution in [3.8, 4) is 16.9 Å². The average Bonchev–Trinajstić information content (AvgIpc) is 3.03. The summed E-state index contributed by atoms with van der Waals surface area (Å²) >= 11 is 5.73. The van der Waals surface area contributed by atoms with E-state index in [9.17, 15) is 17.6 Å². The van der Waals surface area contributed by atoms with E-state index in [4.69, 9.17) is 20.9 Å². The molecule has 2 aromatic carbocycles. The van der Waals surface area contributed by atoms with Crippen LogP contribution in [0, 0.1) is 12.7 Å². The van der Waals surface area contributed by atoms with Crippen molar-refractivity contribution < 1.29 is 26.9 Å². The highest BCUT2D eigenvalue weighted by Gasteiger charge is 2.24. The second-order valence-corrected chi connectivity index (χ2v) is 8.31. The lowest BCUT2D eigenvalue weighted by Crippen LogP contribution is -2.14. The van der Waals surface area contributed by atoms with E-state index in [1.165, 1.54) is 32.2 Å². The van der Waals surface area contributed by atoms with Gasteiger partial charge in [0.25, 0.3) is 10.0 Å². The van der Waals surface area contributed by atoms with E-state index in [0.717, 1.165) is 12.1 Å². The zero-order valence-electron chi connectivity index (χ0n) is 16.1. The maximum atomic E-state index is 13.4. The first-order valence-electron chi connectivity index (χ1n) is 8.52. The molecule has 0 saturated carbocycles. The highest BCUT2D eigenvalue weighted by Crippen LogP contribution is 2.36. The molecule has 30 heavy (non-hydrogen) atoms. The van der Waals surface area contributed by atoms with Crippen molar-refractivity contribution in [3.63, 3.8) is 0 Å². The molecule has 0 spiro atoms. The number of hydrogen-bond acceptors (Lipinski definition) is 6. The molecule has 0 atom stereocenters. The molecule has 0 saturated heterocycles. The Morgan fingerprint density at radius 2 is 1.97 bits per heavy atom. The van der Waals surface area contributed by atoms with Gasteiger partial charge in [-0.05, 0) is 42.8 Å². The van der Waals surface area contributed by atoms with Gasteiger partial charge in [-0.1, -0.05) is 22.8 Å². The zero-order valence-corrected chi connectivity index (χ0v) is 17.7. The van der Waals surface area contributed by atoms with Gasteiger partial charge in [0.1, 0.15) is 16.5 Å². The first-order valence-corrected chi connectivity index (χ1v) is 10.4. The fourth-order valence-electron chi connectivity index (χ4n) is 2.77. The number of rotatable bonds is 6. The number of halogens is 2. The van der Waals surface area contributed by atoms with Crippen LogP contribution in [-0.2, 0) is 14.8 Å². The van der Waals surface area contributed by atoms with Crippen LogP contribution in [0.2, 0.25) is 5.02 Å². The summed E-state index contributed by atoms with van der Waals surface area (Å²) in [6.45, 7) is 2.96. The van der Waals surface area contributed by atoms with E-state index in [2.05, 4.69) is 15.2 Å². The van der Waals surface area contributed by atoms with Crippen LogP contribution in [0.4, 0.5) is 16.0 Å². The smallest absolute Gasteiger partial charge is 0.265 e. The molecular weight excluding hydrogens is 437 g/mol. The minimum atomic E-state index is -4.14. The molecule has 1 amide bonds. The number of benzene rings is 2. The molecule has 0 aliphatic carbocycles. The van der Waals surface area contributed by atoms with E-state index in [0.29, 0.717) is 16.8 Å². The van der Waals surface area contributed by atoms with Crippen LogP contribution in [0.1, 0.15) is 12.6 Å². The van der Waals surface area contributed by atoms with E-state index in [-0.39, 0.29) is 33.1 Å². The number of aromatic nitrogens is 1. The Hall–Kier alpha value is -3.11. The van der Waals surface area contributed by atoms with Gasteiger partial charge >= 0.3 is 0 Å². The third-order valence-electron chi connectivity index (χ3n) is 4.07. The molecule has 2 N–H and O–H groups in total. The van der Waals surface area contributed by atoms with E-state index >= 15 is 0 Å². The highest BCUT2D eigenvalue weighted by atomic mass is 35.5. The first kappa shape index (κ1) is 21.6. The number of nitrogens with zero attached hydrogens (tertiary/aromatic N) is 1. The third-order valence-corrected chi connectivity index (χ3v) is 5.76. The van der Waals surface area contributed by atoms with Gasteiger partial charge in [0.2, 0.25) is 11.8 Å². The van der Waals surface area contributed by atoms with Crippen LogP contribution >= 0.6 is 11.6 Å². The molecule has 0 fully saturated rings. The van der Waals surface area contributed by atoms with E-state index in [1.807, 2.05) is 0 Å². The third kappa shape index (κ3) is 4.39. The summed E-state index contributed by atoms with van der Waals surface area (Å²) in [5.74, 6) is -0.877. The summed E-state index contributed by atoms with van der Waals surface area (Å²) in [5, 5.41) is 6.12. The van der Waals surface area contributed by atoms with Gasteiger partial charge in [-0.25, -0.2) is 12.8 Å². The van der Waals surface area contributed by atoms with Gasteiger partial charge in [0, 0.05) is 6.92 Å². The number of nitrogens with one attached hydrogen (secondary N) is 2. The molecular formula is C19H17ClFN3O5S. The van der Waals surface area contributed by atoms with Crippen molar-refractivity contribution in [2.24, 2.45) is 0 Å². The molecule has 8 nitrogen and oxygen atoms in total. The van der Waals surface area contributed by atoms with Gasteiger partial charge in [-0.2, -0.15) is 0 Å². The first-order chi connectivity index (χ1) is 14.1. The highest BCUT2D eigenvalue weighted by molar-refractivity contribution is 7.92. The second kappa shape index (κ2) is 8.33. The molecule has 0 radical (unpaired) electrons. The topological polar surface area (TPSA) is 111 Å². The number of ether oxygens (including phenoxy) is 1. The summed E-state index contributed by atoms with van der Waals surface area (Å²) in [6, 6.07) is 7.88. The Kier molecular flexibility index (Phi) is 5.99. The predicted octanol–water partition coefficient (Wildman–Crippen LogP) is 4.21. The standard InChI is InChI=1S/C19H17ClFN3O5S/c1-10-18(19(29-23-10)22-11(2)25)12-4-7-16(28-3)17(8-12)30(26,27)24-13-5-6-15(21)14(20)9-13/h4-9,24H,1-3H3,(H,22,25). The average molecular weight is 454 g/mol. The normalized spacial score (nSPS) is 11.2. The van der Waals surface area contributed by atoms with Crippen molar-refractivity contribution in [2.45, 2.75) is 18.7 Å². The molecule has 158 valence electrons. The summed E-state index contributed by atoms with van der Waals surface area (Å²) < 4.78 is 52.1. The Morgan fingerprint density at radius 1 is 1.23 bits per heavy atom. The van der Waals surface area contributed by atoms with Gasteiger partial charge in [0.05, 0.1) is 29.1 Å². The Balaban J connectivity index is 2.08. The van der Waals surface area contributed by atoms with Crippen LogP contribution < -0.4 is 14.8 Å². The summed E-state index contributed by atoms with van der Waals surface area (Å²) in [4.78, 5) is 11.2. The fraction of sp³-hybridized carbons (Fsp3) is 0.158. The van der Waals surface area contributed by atoms with Crippen molar-refractivity contribution in [2.75, 3.05) is 17.1 Å². The molecule has 3 rings (SSSR count).